The summed E-state index contributed by atoms with van der Waals surface area (Å²) >= 11 is 0. The Hall–Kier alpha value is -1.36. The number of amides is 1. The van der Waals surface area contributed by atoms with Gasteiger partial charge in [-0.3, -0.25) is 9.69 Å². The van der Waals surface area contributed by atoms with Gasteiger partial charge in [0.1, 0.15) is 13.7 Å². The SMILES string of the molecule is Bc1cnc2c(c1)CCC(=O)N2C1CC(CO)C1. The van der Waals surface area contributed by atoms with Gasteiger partial charge < -0.3 is 5.11 Å². The minimum Gasteiger partial charge on any atom is -0.396 e. The number of aryl methyl sites for hydroxylation is 1. The number of carbonyl (C=O) groups excluding carboxylic acids is 1. The summed E-state index contributed by atoms with van der Waals surface area (Å²) in [5.41, 5.74) is 2.33. The Morgan fingerprint density at radius 3 is 2.94 bits per heavy atom. The van der Waals surface area contributed by atoms with Gasteiger partial charge in [0.15, 0.2) is 0 Å². The fourth-order valence-electron chi connectivity index (χ4n) is 2.94. The molecule has 3 rings (SSSR count). The molecule has 1 aromatic rings. The third-order valence-corrected chi connectivity index (χ3v) is 4.02. The largest absolute Gasteiger partial charge is 0.396 e. The van der Waals surface area contributed by atoms with Crippen molar-refractivity contribution >= 4 is 25.0 Å². The van der Waals surface area contributed by atoms with E-state index in [2.05, 4.69) is 11.1 Å². The monoisotopic (exact) mass is 244 g/mol. The van der Waals surface area contributed by atoms with E-state index in [1.807, 2.05) is 18.9 Å². The molecule has 2 aliphatic rings. The Morgan fingerprint density at radius 2 is 2.22 bits per heavy atom. The molecule has 18 heavy (non-hydrogen) atoms. The number of hydrogen-bond acceptors (Lipinski definition) is 3. The molecule has 1 aliphatic heterocycles. The van der Waals surface area contributed by atoms with Crippen LogP contribution in [0, 0.1) is 5.92 Å². The fourth-order valence-corrected chi connectivity index (χ4v) is 2.94. The van der Waals surface area contributed by atoms with E-state index in [0.29, 0.717) is 12.3 Å². The van der Waals surface area contributed by atoms with Crippen molar-refractivity contribution in [2.45, 2.75) is 31.7 Å². The molecule has 4 nitrogen and oxygen atoms in total. The summed E-state index contributed by atoms with van der Waals surface area (Å²) in [6.45, 7) is 0.229. The highest BCUT2D eigenvalue weighted by Gasteiger charge is 2.39. The van der Waals surface area contributed by atoms with E-state index in [0.717, 1.165) is 30.5 Å². The van der Waals surface area contributed by atoms with Crippen LogP contribution in [0.3, 0.4) is 0 Å². The number of aliphatic hydroxyl groups excluding tert-OH is 1. The summed E-state index contributed by atoms with van der Waals surface area (Å²) in [6.07, 6.45) is 5.01. The van der Waals surface area contributed by atoms with Gasteiger partial charge in [0, 0.05) is 25.3 Å². The van der Waals surface area contributed by atoms with Crippen molar-refractivity contribution in [3.8, 4) is 0 Å². The van der Waals surface area contributed by atoms with Crippen LogP contribution in [0.1, 0.15) is 24.8 Å². The van der Waals surface area contributed by atoms with E-state index in [4.69, 9.17) is 5.11 Å². The molecule has 1 amide bonds. The topological polar surface area (TPSA) is 53.4 Å². The minimum atomic E-state index is 0.181. The van der Waals surface area contributed by atoms with Crippen LogP contribution in [-0.4, -0.2) is 36.5 Å². The van der Waals surface area contributed by atoms with Crippen molar-refractivity contribution in [2.75, 3.05) is 11.5 Å². The first kappa shape index (κ1) is 11.7. The molecule has 0 spiro atoms. The third kappa shape index (κ3) is 1.83. The molecule has 1 aliphatic carbocycles. The lowest BCUT2D eigenvalue weighted by molar-refractivity contribution is -0.120. The number of nitrogens with zero attached hydrogens (tertiary/aromatic N) is 2. The molecule has 0 saturated heterocycles. The molecule has 1 N–H and O–H groups in total. The van der Waals surface area contributed by atoms with Gasteiger partial charge in [0.25, 0.3) is 0 Å². The predicted molar refractivity (Wildman–Crippen MR) is 71.8 cm³/mol. The Morgan fingerprint density at radius 1 is 1.44 bits per heavy atom. The average molecular weight is 244 g/mol. The van der Waals surface area contributed by atoms with E-state index in [1.54, 1.807) is 0 Å². The Balaban J connectivity index is 1.88. The maximum atomic E-state index is 12.1. The quantitative estimate of drug-likeness (QED) is 0.706. The van der Waals surface area contributed by atoms with E-state index in [-0.39, 0.29) is 18.6 Å². The molecular weight excluding hydrogens is 227 g/mol. The van der Waals surface area contributed by atoms with Crippen molar-refractivity contribution in [3.05, 3.63) is 17.8 Å². The van der Waals surface area contributed by atoms with Crippen LogP contribution in [-0.2, 0) is 11.2 Å². The minimum absolute atomic E-state index is 0.181. The van der Waals surface area contributed by atoms with Gasteiger partial charge in [-0.25, -0.2) is 4.98 Å². The van der Waals surface area contributed by atoms with Gasteiger partial charge in [-0.15, -0.1) is 0 Å². The zero-order chi connectivity index (χ0) is 12.7. The molecule has 0 unspecified atom stereocenters. The molecule has 5 heteroatoms. The molecular formula is C13H17BN2O2. The standard InChI is InChI=1S/C13H17BN2O2/c14-10-5-9-1-2-12(18)16(13(9)15-6-10)11-3-8(4-11)7-17/h5-6,8,11,17H,1-4,7,14H2. The van der Waals surface area contributed by atoms with E-state index in [1.165, 1.54) is 5.56 Å². The van der Waals surface area contributed by atoms with Crippen LogP contribution in [0.5, 0.6) is 0 Å². The fraction of sp³-hybridized carbons (Fsp3) is 0.538. The van der Waals surface area contributed by atoms with Gasteiger partial charge in [-0.1, -0.05) is 11.5 Å². The summed E-state index contributed by atoms with van der Waals surface area (Å²) in [5, 5.41) is 9.08. The van der Waals surface area contributed by atoms with E-state index >= 15 is 0 Å². The van der Waals surface area contributed by atoms with Crippen LogP contribution in [0.2, 0.25) is 0 Å². The number of hydrogen-bond donors (Lipinski definition) is 1. The van der Waals surface area contributed by atoms with Crippen LogP contribution in [0.4, 0.5) is 5.82 Å². The van der Waals surface area contributed by atoms with Gasteiger partial charge >= 0.3 is 0 Å². The summed E-state index contributed by atoms with van der Waals surface area (Å²) < 4.78 is 0. The number of pyridine rings is 1. The second-order valence-electron chi connectivity index (χ2n) is 5.43. The van der Waals surface area contributed by atoms with E-state index in [9.17, 15) is 4.79 Å². The van der Waals surface area contributed by atoms with Crippen LogP contribution in [0.25, 0.3) is 0 Å². The molecule has 1 aromatic heterocycles. The smallest absolute Gasteiger partial charge is 0.228 e. The number of rotatable bonds is 2. The summed E-state index contributed by atoms with van der Waals surface area (Å²) in [7, 11) is 2.03. The van der Waals surface area contributed by atoms with Gasteiger partial charge in [0.05, 0.1) is 0 Å². The Labute approximate surface area is 107 Å². The van der Waals surface area contributed by atoms with E-state index < -0.39 is 0 Å². The normalized spacial score (nSPS) is 26.7. The first-order chi connectivity index (χ1) is 8.69. The maximum Gasteiger partial charge on any atom is 0.228 e. The highest BCUT2D eigenvalue weighted by atomic mass is 16.3. The Kier molecular flexibility index (Phi) is 2.86. The molecule has 0 atom stereocenters. The zero-order valence-electron chi connectivity index (χ0n) is 10.6. The predicted octanol–water partition coefficient (Wildman–Crippen LogP) is -0.610. The van der Waals surface area contributed by atoms with Crippen molar-refractivity contribution in [3.63, 3.8) is 0 Å². The van der Waals surface area contributed by atoms with Gasteiger partial charge in [0.2, 0.25) is 5.91 Å². The molecule has 0 aromatic carbocycles. The lowest BCUT2D eigenvalue weighted by Gasteiger charge is -2.43. The summed E-state index contributed by atoms with van der Waals surface area (Å²) in [5.74, 6) is 1.39. The van der Waals surface area contributed by atoms with Crippen molar-refractivity contribution < 1.29 is 9.90 Å². The van der Waals surface area contributed by atoms with Crippen molar-refractivity contribution in [1.29, 1.82) is 0 Å². The average Bonchev–Trinajstić information content (AvgIpc) is 2.30. The number of aliphatic hydroxyl groups is 1. The Bertz CT molecular complexity index is 486. The van der Waals surface area contributed by atoms with Crippen molar-refractivity contribution in [1.82, 2.24) is 4.98 Å². The second kappa shape index (κ2) is 4.39. The number of fused-ring (bicyclic) bond motifs is 1. The number of anilines is 1. The third-order valence-electron chi connectivity index (χ3n) is 4.02. The first-order valence-electron chi connectivity index (χ1n) is 6.57. The van der Waals surface area contributed by atoms with Crippen LogP contribution in [0.15, 0.2) is 12.3 Å². The molecule has 1 fully saturated rings. The lowest BCUT2D eigenvalue weighted by atomic mass is 9.79. The number of aromatic nitrogens is 1. The zero-order valence-corrected chi connectivity index (χ0v) is 10.6. The molecule has 0 bridgehead atoms. The highest BCUT2D eigenvalue weighted by molar-refractivity contribution is 6.32. The molecule has 0 radical (unpaired) electrons. The van der Waals surface area contributed by atoms with Crippen molar-refractivity contribution in [2.24, 2.45) is 5.92 Å². The summed E-state index contributed by atoms with van der Waals surface area (Å²) in [6, 6.07) is 2.37. The van der Waals surface area contributed by atoms with Gasteiger partial charge in [-0.2, -0.15) is 0 Å². The maximum absolute atomic E-state index is 12.1. The van der Waals surface area contributed by atoms with Crippen LogP contribution >= 0.6 is 0 Å². The lowest BCUT2D eigenvalue weighted by Crippen LogP contribution is -2.51. The second-order valence-corrected chi connectivity index (χ2v) is 5.43. The summed E-state index contributed by atoms with van der Waals surface area (Å²) in [4.78, 5) is 18.4. The molecule has 1 saturated carbocycles. The van der Waals surface area contributed by atoms with Gasteiger partial charge in [-0.05, 0) is 30.7 Å². The first-order valence-corrected chi connectivity index (χ1v) is 6.57. The highest BCUT2D eigenvalue weighted by Crippen LogP contribution is 2.37. The molecule has 94 valence electrons. The van der Waals surface area contributed by atoms with Crippen LogP contribution < -0.4 is 10.4 Å². The molecule has 2 heterocycles. The number of carbonyl (C=O) groups is 1.